The molecule has 5 heteroatoms. The molecule has 5 aromatic carbocycles. The van der Waals surface area contributed by atoms with Gasteiger partial charge in [-0.05, 0) is 54.4 Å². The summed E-state index contributed by atoms with van der Waals surface area (Å²) in [7, 11) is 0. The van der Waals surface area contributed by atoms with Crippen LogP contribution in [0.15, 0.2) is 133 Å². The Kier molecular flexibility index (Phi) is 5.69. The van der Waals surface area contributed by atoms with E-state index in [0.29, 0.717) is 5.02 Å². The molecule has 0 spiro atoms. The van der Waals surface area contributed by atoms with E-state index in [0.717, 1.165) is 66.7 Å². The smallest absolute Gasteiger partial charge is 0.166 e. The average Bonchev–Trinajstić information content (AvgIpc) is 3.58. The van der Waals surface area contributed by atoms with Crippen molar-refractivity contribution in [1.82, 2.24) is 19.3 Å². The molecular formula is C37H25ClN4. The molecule has 0 radical (unpaired) electrons. The molecule has 0 saturated carbocycles. The second-order valence-electron chi connectivity index (χ2n) is 10.5. The molecule has 0 unspecified atom stereocenters. The van der Waals surface area contributed by atoms with Crippen molar-refractivity contribution in [2.75, 3.05) is 0 Å². The van der Waals surface area contributed by atoms with Gasteiger partial charge in [0.15, 0.2) is 5.65 Å². The van der Waals surface area contributed by atoms with E-state index in [1.165, 1.54) is 5.56 Å². The second kappa shape index (κ2) is 9.72. The third-order valence-electron chi connectivity index (χ3n) is 7.98. The zero-order chi connectivity index (χ0) is 28.2. The highest BCUT2D eigenvalue weighted by atomic mass is 35.5. The van der Waals surface area contributed by atoms with Crippen molar-refractivity contribution >= 4 is 44.6 Å². The number of halogens is 1. The van der Waals surface area contributed by atoms with Gasteiger partial charge in [-0.3, -0.25) is 4.57 Å². The third kappa shape index (κ3) is 3.69. The van der Waals surface area contributed by atoms with Gasteiger partial charge in [0, 0.05) is 27.6 Å². The summed E-state index contributed by atoms with van der Waals surface area (Å²) in [6.45, 7) is 2.17. The standard InChI is InChI=1S/C37H25ClN4/c1-24-14-8-9-19-27(24)32-33-29-21-11-13-23-31(29)41(25-15-4-2-5-16-25)36(33)39-37-34(32)35(28-20-10-12-22-30(28)38)40-42(37)26-17-6-3-7-18-26/h2-23H,1H3. The summed E-state index contributed by atoms with van der Waals surface area (Å²) in [6.07, 6.45) is 0. The van der Waals surface area contributed by atoms with Crippen molar-refractivity contribution in [3.05, 3.63) is 144 Å². The maximum atomic E-state index is 6.87. The van der Waals surface area contributed by atoms with E-state index in [-0.39, 0.29) is 0 Å². The molecule has 0 atom stereocenters. The molecule has 0 amide bonds. The monoisotopic (exact) mass is 560 g/mol. The van der Waals surface area contributed by atoms with Crippen LogP contribution < -0.4 is 0 Å². The first-order chi connectivity index (χ1) is 20.7. The predicted molar refractivity (Wildman–Crippen MR) is 174 cm³/mol. The lowest BCUT2D eigenvalue weighted by Crippen LogP contribution is -2.00. The maximum Gasteiger partial charge on any atom is 0.166 e. The number of aryl methyl sites for hydroxylation is 1. The first-order valence-corrected chi connectivity index (χ1v) is 14.4. The van der Waals surface area contributed by atoms with Gasteiger partial charge in [-0.25, -0.2) is 9.67 Å². The SMILES string of the molecule is Cc1ccccc1-c1c2c(-c3ccccc3Cl)nn(-c3ccccc3)c2nc2c1c1ccccc1n2-c1ccccc1. The minimum absolute atomic E-state index is 0.652. The zero-order valence-electron chi connectivity index (χ0n) is 22.9. The summed E-state index contributed by atoms with van der Waals surface area (Å²) in [5.74, 6) is 0. The molecule has 0 saturated heterocycles. The van der Waals surface area contributed by atoms with E-state index in [2.05, 4.69) is 96.4 Å². The zero-order valence-corrected chi connectivity index (χ0v) is 23.6. The van der Waals surface area contributed by atoms with Gasteiger partial charge in [-0.2, -0.15) is 5.10 Å². The van der Waals surface area contributed by atoms with Crippen LogP contribution in [0.1, 0.15) is 5.56 Å². The first kappa shape index (κ1) is 24.6. The lowest BCUT2D eigenvalue weighted by molar-refractivity contribution is 0.901. The Hall–Kier alpha value is -5.19. The molecular weight excluding hydrogens is 536 g/mol. The van der Waals surface area contributed by atoms with Crippen molar-refractivity contribution < 1.29 is 0 Å². The van der Waals surface area contributed by atoms with Crippen LogP contribution in [0.3, 0.4) is 0 Å². The van der Waals surface area contributed by atoms with Crippen LogP contribution in [-0.4, -0.2) is 19.3 Å². The summed E-state index contributed by atoms with van der Waals surface area (Å²) in [4.78, 5) is 5.48. The van der Waals surface area contributed by atoms with E-state index >= 15 is 0 Å². The number of benzene rings is 5. The molecule has 42 heavy (non-hydrogen) atoms. The largest absolute Gasteiger partial charge is 0.294 e. The number of hydrogen-bond donors (Lipinski definition) is 0. The number of aromatic nitrogens is 4. The Balaban J connectivity index is 1.67. The van der Waals surface area contributed by atoms with Crippen molar-refractivity contribution in [3.8, 4) is 33.8 Å². The van der Waals surface area contributed by atoms with Gasteiger partial charge < -0.3 is 0 Å². The molecule has 8 aromatic rings. The molecule has 8 rings (SSSR count). The van der Waals surface area contributed by atoms with Gasteiger partial charge in [0.05, 0.1) is 21.6 Å². The predicted octanol–water partition coefficient (Wildman–Crippen LogP) is 9.81. The molecule has 3 aromatic heterocycles. The number of fused-ring (bicyclic) bond motifs is 4. The van der Waals surface area contributed by atoms with E-state index < -0.39 is 0 Å². The number of rotatable bonds is 4. The fourth-order valence-electron chi connectivity index (χ4n) is 6.10. The maximum absolute atomic E-state index is 6.87. The number of nitrogens with zero attached hydrogens (tertiary/aromatic N) is 4. The van der Waals surface area contributed by atoms with Gasteiger partial charge >= 0.3 is 0 Å². The van der Waals surface area contributed by atoms with Crippen LogP contribution in [0.25, 0.3) is 66.7 Å². The van der Waals surface area contributed by atoms with Gasteiger partial charge in [0.2, 0.25) is 0 Å². The lowest BCUT2D eigenvalue weighted by atomic mass is 9.93. The Morgan fingerprint density at radius 2 is 1.19 bits per heavy atom. The molecule has 3 heterocycles. The quantitative estimate of drug-likeness (QED) is 0.215. The summed E-state index contributed by atoms with van der Waals surface area (Å²) in [5.41, 5.74) is 9.88. The van der Waals surface area contributed by atoms with Crippen LogP contribution in [0.5, 0.6) is 0 Å². The molecule has 0 aliphatic heterocycles. The van der Waals surface area contributed by atoms with Crippen LogP contribution in [0.2, 0.25) is 5.02 Å². The number of para-hydroxylation sites is 3. The van der Waals surface area contributed by atoms with E-state index in [9.17, 15) is 0 Å². The van der Waals surface area contributed by atoms with Crippen LogP contribution in [0, 0.1) is 6.92 Å². The normalized spacial score (nSPS) is 11.6. The first-order valence-electron chi connectivity index (χ1n) is 14.0. The molecule has 0 N–H and O–H groups in total. The van der Waals surface area contributed by atoms with Crippen molar-refractivity contribution in [2.24, 2.45) is 0 Å². The van der Waals surface area contributed by atoms with E-state index in [4.69, 9.17) is 21.7 Å². The highest BCUT2D eigenvalue weighted by Gasteiger charge is 2.27. The fraction of sp³-hybridized carbons (Fsp3) is 0.0270. The highest BCUT2D eigenvalue weighted by Crippen LogP contribution is 2.46. The topological polar surface area (TPSA) is 35.6 Å². The summed E-state index contributed by atoms with van der Waals surface area (Å²) in [6, 6.07) is 45.7. The van der Waals surface area contributed by atoms with Crippen molar-refractivity contribution in [1.29, 1.82) is 0 Å². The van der Waals surface area contributed by atoms with E-state index in [1.54, 1.807) is 0 Å². The highest BCUT2D eigenvalue weighted by molar-refractivity contribution is 6.34. The second-order valence-corrected chi connectivity index (χ2v) is 10.9. The molecule has 0 aliphatic carbocycles. The number of hydrogen-bond acceptors (Lipinski definition) is 2. The average molecular weight is 561 g/mol. The van der Waals surface area contributed by atoms with Crippen molar-refractivity contribution in [3.63, 3.8) is 0 Å². The van der Waals surface area contributed by atoms with Crippen LogP contribution >= 0.6 is 11.6 Å². The summed E-state index contributed by atoms with van der Waals surface area (Å²) < 4.78 is 4.23. The van der Waals surface area contributed by atoms with Gasteiger partial charge in [0.25, 0.3) is 0 Å². The molecule has 0 fully saturated rings. The molecule has 200 valence electrons. The van der Waals surface area contributed by atoms with Gasteiger partial charge in [-0.15, -0.1) is 0 Å². The fourth-order valence-corrected chi connectivity index (χ4v) is 6.32. The minimum atomic E-state index is 0.652. The minimum Gasteiger partial charge on any atom is -0.294 e. The van der Waals surface area contributed by atoms with Gasteiger partial charge in [0.1, 0.15) is 11.3 Å². The summed E-state index contributed by atoms with van der Waals surface area (Å²) in [5, 5.41) is 9.12. The summed E-state index contributed by atoms with van der Waals surface area (Å²) >= 11 is 6.87. The van der Waals surface area contributed by atoms with E-state index in [1.807, 2.05) is 53.2 Å². The molecule has 4 nitrogen and oxygen atoms in total. The van der Waals surface area contributed by atoms with Crippen LogP contribution in [0.4, 0.5) is 0 Å². The molecule has 0 bridgehead atoms. The number of pyridine rings is 1. The Morgan fingerprint density at radius 3 is 1.93 bits per heavy atom. The Labute approximate surface area is 248 Å². The van der Waals surface area contributed by atoms with Crippen molar-refractivity contribution in [2.45, 2.75) is 6.92 Å². The Morgan fingerprint density at radius 1 is 0.571 bits per heavy atom. The van der Waals surface area contributed by atoms with Crippen LogP contribution in [-0.2, 0) is 0 Å². The molecule has 0 aliphatic rings. The van der Waals surface area contributed by atoms with Gasteiger partial charge in [-0.1, -0.05) is 109 Å². The third-order valence-corrected chi connectivity index (χ3v) is 8.31. The Bertz CT molecular complexity index is 2260. The lowest BCUT2D eigenvalue weighted by Gasteiger charge is -2.13.